The highest BCUT2D eigenvalue weighted by atomic mass is 16.5. The molecular formula is C14H20N2O2. The van der Waals surface area contributed by atoms with Gasteiger partial charge in [0, 0.05) is 24.7 Å². The van der Waals surface area contributed by atoms with Crippen LogP contribution in [0, 0.1) is 0 Å². The van der Waals surface area contributed by atoms with Gasteiger partial charge in [0.25, 0.3) is 0 Å². The number of hydrogen-bond acceptors (Lipinski definition) is 3. The van der Waals surface area contributed by atoms with E-state index >= 15 is 0 Å². The number of nitrogens with two attached hydrogens (primary N) is 1. The van der Waals surface area contributed by atoms with E-state index in [0.717, 1.165) is 30.7 Å². The third-order valence-electron chi connectivity index (χ3n) is 3.69. The Morgan fingerprint density at radius 3 is 2.44 bits per heavy atom. The zero-order valence-electron chi connectivity index (χ0n) is 11.0. The predicted octanol–water partition coefficient (Wildman–Crippen LogP) is 1.93. The van der Waals surface area contributed by atoms with Crippen molar-refractivity contribution in [1.82, 2.24) is 0 Å². The number of amides is 1. The molecule has 0 bridgehead atoms. The van der Waals surface area contributed by atoms with Gasteiger partial charge in [-0.15, -0.1) is 0 Å². The van der Waals surface area contributed by atoms with Crippen molar-refractivity contribution in [1.29, 1.82) is 0 Å². The Morgan fingerprint density at radius 1 is 1.39 bits per heavy atom. The van der Waals surface area contributed by atoms with E-state index in [1.54, 1.807) is 19.1 Å². The normalized spacial score (nSPS) is 16.8. The molecule has 1 amide bonds. The van der Waals surface area contributed by atoms with Gasteiger partial charge in [0.15, 0.2) is 0 Å². The van der Waals surface area contributed by atoms with Gasteiger partial charge in [0.1, 0.15) is 5.75 Å². The Labute approximate surface area is 108 Å². The standard InChI is InChI=1S/C14H20N2O2/c1-16(11-4-6-12(18-2)7-5-11)13(17)10-14(15)8-3-9-14/h4-7H,3,8-10,15H2,1-2H3. The quantitative estimate of drug-likeness (QED) is 0.885. The molecule has 1 aromatic rings. The molecule has 98 valence electrons. The maximum absolute atomic E-state index is 12.1. The number of ether oxygens (including phenoxy) is 1. The van der Waals surface area contributed by atoms with Crippen molar-refractivity contribution in [2.24, 2.45) is 5.73 Å². The zero-order chi connectivity index (χ0) is 13.2. The molecule has 1 fully saturated rings. The van der Waals surface area contributed by atoms with Crippen LogP contribution in [0.1, 0.15) is 25.7 Å². The van der Waals surface area contributed by atoms with Crippen molar-refractivity contribution in [3.63, 3.8) is 0 Å². The van der Waals surface area contributed by atoms with Gasteiger partial charge < -0.3 is 15.4 Å². The molecule has 2 N–H and O–H groups in total. The molecule has 4 nitrogen and oxygen atoms in total. The molecule has 0 atom stereocenters. The van der Waals surface area contributed by atoms with Crippen LogP contribution in [0.4, 0.5) is 5.69 Å². The Morgan fingerprint density at radius 2 is 2.00 bits per heavy atom. The Hall–Kier alpha value is -1.55. The van der Waals surface area contributed by atoms with E-state index in [9.17, 15) is 4.79 Å². The topological polar surface area (TPSA) is 55.6 Å². The first-order chi connectivity index (χ1) is 8.54. The first-order valence-electron chi connectivity index (χ1n) is 6.24. The van der Waals surface area contributed by atoms with Crippen molar-refractivity contribution >= 4 is 11.6 Å². The second kappa shape index (κ2) is 4.98. The summed E-state index contributed by atoms with van der Waals surface area (Å²) in [4.78, 5) is 13.8. The molecule has 0 heterocycles. The lowest BCUT2D eigenvalue weighted by Crippen LogP contribution is -2.50. The molecule has 18 heavy (non-hydrogen) atoms. The Bertz CT molecular complexity index is 424. The van der Waals surface area contributed by atoms with Gasteiger partial charge in [-0.1, -0.05) is 0 Å². The summed E-state index contributed by atoms with van der Waals surface area (Å²) in [5.41, 5.74) is 6.70. The SMILES string of the molecule is COc1ccc(N(C)C(=O)CC2(N)CCC2)cc1. The first kappa shape index (κ1) is 12.9. The highest BCUT2D eigenvalue weighted by Crippen LogP contribution is 2.33. The fraction of sp³-hybridized carbons (Fsp3) is 0.500. The molecule has 0 saturated heterocycles. The summed E-state index contributed by atoms with van der Waals surface area (Å²) >= 11 is 0. The fourth-order valence-corrected chi connectivity index (χ4v) is 2.18. The molecular weight excluding hydrogens is 228 g/mol. The van der Waals surface area contributed by atoms with Gasteiger partial charge in [-0.25, -0.2) is 0 Å². The van der Waals surface area contributed by atoms with Gasteiger partial charge in [0.05, 0.1) is 7.11 Å². The Balaban J connectivity index is 2.00. The average Bonchev–Trinajstić information content (AvgIpc) is 2.36. The van der Waals surface area contributed by atoms with Gasteiger partial charge >= 0.3 is 0 Å². The van der Waals surface area contributed by atoms with E-state index in [0.29, 0.717) is 6.42 Å². The third kappa shape index (κ3) is 2.64. The molecule has 2 rings (SSSR count). The molecule has 0 radical (unpaired) electrons. The summed E-state index contributed by atoms with van der Waals surface area (Å²) in [6.45, 7) is 0. The second-order valence-electron chi connectivity index (χ2n) is 5.04. The zero-order valence-corrected chi connectivity index (χ0v) is 11.0. The number of benzene rings is 1. The molecule has 0 aliphatic heterocycles. The fourth-order valence-electron chi connectivity index (χ4n) is 2.18. The molecule has 0 aromatic heterocycles. The van der Waals surface area contributed by atoms with Crippen LogP contribution in [0.25, 0.3) is 0 Å². The largest absolute Gasteiger partial charge is 0.497 e. The highest BCUT2D eigenvalue weighted by Gasteiger charge is 2.35. The van der Waals surface area contributed by atoms with E-state index in [4.69, 9.17) is 10.5 Å². The van der Waals surface area contributed by atoms with E-state index in [1.807, 2.05) is 24.3 Å². The van der Waals surface area contributed by atoms with E-state index in [-0.39, 0.29) is 11.4 Å². The lowest BCUT2D eigenvalue weighted by Gasteiger charge is -2.38. The van der Waals surface area contributed by atoms with Crippen molar-refractivity contribution in [3.05, 3.63) is 24.3 Å². The average molecular weight is 248 g/mol. The van der Waals surface area contributed by atoms with Crippen LogP contribution < -0.4 is 15.4 Å². The summed E-state index contributed by atoms with van der Waals surface area (Å²) in [5, 5.41) is 0. The summed E-state index contributed by atoms with van der Waals surface area (Å²) in [6.07, 6.45) is 3.47. The number of carbonyl (C=O) groups is 1. The Kier molecular flexibility index (Phi) is 3.57. The maximum atomic E-state index is 12.1. The summed E-state index contributed by atoms with van der Waals surface area (Å²) in [7, 11) is 3.41. The monoisotopic (exact) mass is 248 g/mol. The summed E-state index contributed by atoms with van der Waals surface area (Å²) < 4.78 is 5.09. The van der Waals surface area contributed by atoms with Gasteiger partial charge in [-0.3, -0.25) is 4.79 Å². The number of carbonyl (C=O) groups excluding carboxylic acids is 1. The van der Waals surface area contributed by atoms with Crippen LogP contribution >= 0.6 is 0 Å². The van der Waals surface area contributed by atoms with E-state index in [2.05, 4.69) is 0 Å². The first-order valence-corrected chi connectivity index (χ1v) is 6.24. The molecule has 1 saturated carbocycles. The van der Waals surface area contributed by atoms with E-state index < -0.39 is 0 Å². The molecule has 0 spiro atoms. The number of methoxy groups -OCH3 is 1. The van der Waals surface area contributed by atoms with Crippen molar-refractivity contribution in [2.45, 2.75) is 31.2 Å². The minimum atomic E-state index is -0.266. The molecule has 1 aliphatic rings. The van der Waals surface area contributed by atoms with E-state index in [1.165, 1.54) is 0 Å². The van der Waals surface area contributed by atoms with Gasteiger partial charge in [-0.2, -0.15) is 0 Å². The van der Waals surface area contributed by atoms with Gasteiger partial charge in [-0.05, 0) is 43.5 Å². The second-order valence-corrected chi connectivity index (χ2v) is 5.04. The van der Waals surface area contributed by atoms with Crippen LogP contribution in [-0.2, 0) is 4.79 Å². The third-order valence-corrected chi connectivity index (χ3v) is 3.69. The van der Waals surface area contributed by atoms with Crippen LogP contribution in [0.3, 0.4) is 0 Å². The summed E-state index contributed by atoms with van der Waals surface area (Å²) in [5.74, 6) is 0.858. The van der Waals surface area contributed by atoms with Crippen LogP contribution in [-0.4, -0.2) is 25.6 Å². The molecule has 1 aromatic carbocycles. The molecule has 4 heteroatoms. The number of anilines is 1. The van der Waals surface area contributed by atoms with Gasteiger partial charge in [0.2, 0.25) is 5.91 Å². The summed E-state index contributed by atoms with van der Waals surface area (Å²) in [6, 6.07) is 7.45. The molecule has 0 unspecified atom stereocenters. The number of rotatable bonds is 4. The number of nitrogens with zero attached hydrogens (tertiary/aromatic N) is 1. The van der Waals surface area contributed by atoms with Crippen molar-refractivity contribution in [3.8, 4) is 5.75 Å². The minimum Gasteiger partial charge on any atom is -0.497 e. The van der Waals surface area contributed by atoms with Crippen molar-refractivity contribution in [2.75, 3.05) is 19.1 Å². The minimum absolute atomic E-state index is 0.0716. The number of hydrogen-bond donors (Lipinski definition) is 1. The maximum Gasteiger partial charge on any atom is 0.228 e. The van der Waals surface area contributed by atoms with Crippen LogP contribution in [0.15, 0.2) is 24.3 Å². The van der Waals surface area contributed by atoms with Crippen molar-refractivity contribution < 1.29 is 9.53 Å². The molecule has 1 aliphatic carbocycles. The smallest absolute Gasteiger partial charge is 0.228 e. The predicted molar refractivity (Wildman–Crippen MR) is 71.8 cm³/mol. The van der Waals surface area contributed by atoms with Crippen LogP contribution in [0.2, 0.25) is 0 Å². The highest BCUT2D eigenvalue weighted by molar-refractivity contribution is 5.93. The van der Waals surface area contributed by atoms with Crippen LogP contribution in [0.5, 0.6) is 5.75 Å². The lowest BCUT2D eigenvalue weighted by atomic mass is 9.75. The lowest BCUT2D eigenvalue weighted by molar-refractivity contribution is -0.120.